The first kappa shape index (κ1) is 16.8. The van der Waals surface area contributed by atoms with Gasteiger partial charge in [0.1, 0.15) is 12.4 Å². The van der Waals surface area contributed by atoms with Crippen LogP contribution in [0, 0.1) is 3.57 Å². The second-order valence-corrected chi connectivity index (χ2v) is 7.15. The van der Waals surface area contributed by atoms with Gasteiger partial charge >= 0.3 is 0 Å². The number of hydrogen-bond acceptors (Lipinski definition) is 2. The number of ether oxygens (including phenoxy) is 1. The Morgan fingerprint density at radius 2 is 1.81 bits per heavy atom. The summed E-state index contributed by atoms with van der Waals surface area (Å²) in [6, 6.07) is 14.8. The molecule has 4 heteroatoms. The first-order chi connectivity index (χ1) is 10.1. The van der Waals surface area contributed by atoms with Crippen LogP contribution in [0.2, 0.25) is 0 Å². The average Bonchev–Trinajstić information content (AvgIpc) is 2.48. The Bertz CT molecular complexity index is 586. The number of benzene rings is 2. The second kappa shape index (κ2) is 8.15. The number of nitrogens with two attached hydrogens (primary N) is 1. The SMILES string of the molecule is CCC(N)Cc1ccc(OCc2ccc(I)cc2)c(Br)c1. The van der Waals surface area contributed by atoms with E-state index in [0.717, 1.165) is 23.1 Å². The van der Waals surface area contributed by atoms with Crippen molar-refractivity contribution in [3.05, 3.63) is 61.6 Å². The summed E-state index contributed by atoms with van der Waals surface area (Å²) in [4.78, 5) is 0. The molecule has 21 heavy (non-hydrogen) atoms. The van der Waals surface area contributed by atoms with Crippen LogP contribution in [0.1, 0.15) is 24.5 Å². The molecule has 0 aromatic heterocycles. The van der Waals surface area contributed by atoms with Gasteiger partial charge in [-0.2, -0.15) is 0 Å². The third-order valence-electron chi connectivity index (χ3n) is 3.33. The quantitative estimate of drug-likeness (QED) is 0.622. The maximum atomic E-state index is 5.99. The fourth-order valence-corrected chi connectivity index (χ4v) is 2.88. The van der Waals surface area contributed by atoms with E-state index in [1.165, 1.54) is 14.7 Å². The molecule has 0 heterocycles. The van der Waals surface area contributed by atoms with Gasteiger partial charge in [-0.25, -0.2) is 0 Å². The van der Waals surface area contributed by atoms with Crippen molar-refractivity contribution in [3.63, 3.8) is 0 Å². The van der Waals surface area contributed by atoms with Gasteiger partial charge in [-0.05, 0) is 86.8 Å². The van der Waals surface area contributed by atoms with Crippen molar-refractivity contribution in [2.24, 2.45) is 5.73 Å². The Morgan fingerprint density at radius 1 is 1.14 bits per heavy atom. The maximum absolute atomic E-state index is 5.99. The standard InChI is InChI=1S/C17H19BrINO/c1-2-15(20)9-13-5-8-17(16(18)10-13)21-11-12-3-6-14(19)7-4-12/h3-8,10,15H,2,9,11,20H2,1H3. The van der Waals surface area contributed by atoms with Crippen LogP contribution in [0.25, 0.3) is 0 Å². The first-order valence-electron chi connectivity index (χ1n) is 6.99. The summed E-state index contributed by atoms with van der Waals surface area (Å²) in [5.74, 6) is 0.863. The molecule has 0 amide bonds. The zero-order chi connectivity index (χ0) is 15.2. The number of rotatable bonds is 6. The lowest BCUT2D eigenvalue weighted by molar-refractivity contribution is 0.304. The highest BCUT2D eigenvalue weighted by molar-refractivity contribution is 14.1. The molecule has 0 spiro atoms. The van der Waals surface area contributed by atoms with Gasteiger partial charge in [0, 0.05) is 9.61 Å². The summed E-state index contributed by atoms with van der Waals surface area (Å²) in [7, 11) is 0. The van der Waals surface area contributed by atoms with Crippen LogP contribution in [0.4, 0.5) is 0 Å². The molecule has 112 valence electrons. The fourth-order valence-electron chi connectivity index (χ4n) is 1.98. The van der Waals surface area contributed by atoms with Gasteiger partial charge in [-0.1, -0.05) is 25.1 Å². The topological polar surface area (TPSA) is 35.2 Å². The van der Waals surface area contributed by atoms with E-state index in [9.17, 15) is 0 Å². The van der Waals surface area contributed by atoms with Gasteiger partial charge in [0.15, 0.2) is 0 Å². The molecule has 0 fully saturated rings. The van der Waals surface area contributed by atoms with Crippen molar-refractivity contribution in [1.29, 1.82) is 0 Å². The van der Waals surface area contributed by atoms with E-state index in [1.807, 2.05) is 6.07 Å². The third-order valence-corrected chi connectivity index (χ3v) is 4.67. The molecule has 0 aliphatic rings. The van der Waals surface area contributed by atoms with Crippen LogP contribution in [-0.4, -0.2) is 6.04 Å². The van der Waals surface area contributed by atoms with Crippen molar-refractivity contribution in [1.82, 2.24) is 0 Å². The molecular weight excluding hydrogens is 441 g/mol. The first-order valence-corrected chi connectivity index (χ1v) is 8.87. The smallest absolute Gasteiger partial charge is 0.134 e. The summed E-state index contributed by atoms with van der Waals surface area (Å²) in [5, 5.41) is 0. The van der Waals surface area contributed by atoms with Crippen LogP contribution in [0.3, 0.4) is 0 Å². The molecule has 2 rings (SSSR count). The fraction of sp³-hybridized carbons (Fsp3) is 0.294. The van der Waals surface area contributed by atoms with Crippen molar-refractivity contribution in [2.45, 2.75) is 32.4 Å². The van der Waals surface area contributed by atoms with E-state index >= 15 is 0 Å². The van der Waals surface area contributed by atoms with Crippen LogP contribution < -0.4 is 10.5 Å². The molecule has 0 saturated carbocycles. The molecule has 2 aromatic rings. The lowest BCUT2D eigenvalue weighted by atomic mass is 10.0. The van der Waals surface area contributed by atoms with Gasteiger partial charge < -0.3 is 10.5 Å². The zero-order valence-electron chi connectivity index (χ0n) is 12.0. The molecule has 1 unspecified atom stereocenters. The van der Waals surface area contributed by atoms with Crippen LogP contribution >= 0.6 is 38.5 Å². The summed E-state index contributed by atoms with van der Waals surface area (Å²) in [5.41, 5.74) is 8.39. The highest BCUT2D eigenvalue weighted by atomic mass is 127. The Kier molecular flexibility index (Phi) is 6.51. The minimum Gasteiger partial charge on any atom is -0.488 e. The van der Waals surface area contributed by atoms with Crippen LogP contribution in [-0.2, 0) is 13.0 Å². The van der Waals surface area contributed by atoms with E-state index in [4.69, 9.17) is 10.5 Å². The molecule has 0 aliphatic carbocycles. The van der Waals surface area contributed by atoms with E-state index in [0.29, 0.717) is 6.61 Å². The van der Waals surface area contributed by atoms with Gasteiger partial charge in [0.25, 0.3) is 0 Å². The van der Waals surface area contributed by atoms with Crippen molar-refractivity contribution < 1.29 is 4.74 Å². The summed E-state index contributed by atoms with van der Waals surface area (Å²) in [6.07, 6.45) is 1.88. The molecule has 0 saturated heterocycles. The third kappa shape index (κ3) is 5.27. The minimum absolute atomic E-state index is 0.218. The van der Waals surface area contributed by atoms with Crippen molar-refractivity contribution >= 4 is 38.5 Å². The van der Waals surface area contributed by atoms with E-state index in [1.54, 1.807) is 0 Å². The molecule has 2 nitrogen and oxygen atoms in total. The molecule has 0 aliphatic heterocycles. The second-order valence-electron chi connectivity index (χ2n) is 5.05. The van der Waals surface area contributed by atoms with Crippen molar-refractivity contribution in [3.8, 4) is 5.75 Å². The Balaban J connectivity index is 1.99. The monoisotopic (exact) mass is 459 g/mol. The minimum atomic E-state index is 0.218. The molecule has 0 radical (unpaired) electrons. The van der Waals surface area contributed by atoms with Crippen LogP contribution in [0.5, 0.6) is 5.75 Å². The number of hydrogen-bond donors (Lipinski definition) is 1. The Labute approximate surface area is 148 Å². The number of halogens is 2. The van der Waals surface area contributed by atoms with Gasteiger partial charge in [0.05, 0.1) is 4.47 Å². The summed E-state index contributed by atoms with van der Waals surface area (Å²) in [6.45, 7) is 2.68. The van der Waals surface area contributed by atoms with E-state index < -0.39 is 0 Å². The summed E-state index contributed by atoms with van der Waals surface area (Å²) < 4.78 is 8.08. The molecule has 2 N–H and O–H groups in total. The zero-order valence-corrected chi connectivity index (χ0v) is 15.7. The summed E-state index contributed by atoms with van der Waals surface area (Å²) >= 11 is 5.88. The normalized spacial score (nSPS) is 12.2. The lowest BCUT2D eigenvalue weighted by Crippen LogP contribution is -2.21. The van der Waals surface area contributed by atoms with E-state index in [-0.39, 0.29) is 6.04 Å². The molecular formula is C17H19BrINO. The van der Waals surface area contributed by atoms with Crippen LogP contribution in [0.15, 0.2) is 46.9 Å². The largest absolute Gasteiger partial charge is 0.488 e. The van der Waals surface area contributed by atoms with Gasteiger partial charge in [-0.15, -0.1) is 0 Å². The molecule has 1 atom stereocenters. The van der Waals surface area contributed by atoms with Gasteiger partial charge in [-0.3, -0.25) is 0 Å². The lowest BCUT2D eigenvalue weighted by Gasteiger charge is -2.12. The van der Waals surface area contributed by atoms with Gasteiger partial charge in [0.2, 0.25) is 0 Å². The highest BCUT2D eigenvalue weighted by Crippen LogP contribution is 2.27. The van der Waals surface area contributed by atoms with E-state index in [2.05, 4.69) is 81.8 Å². The van der Waals surface area contributed by atoms with Crippen molar-refractivity contribution in [2.75, 3.05) is 0 Å². The predicted octanol–water partition coefficient (Wildman–Crippen LogP) is 4.91. The average molecular weight is 460 g/mol. The maximum Gasteiger partial charge on any atom is 0.134 e. The highest BCUT2D eigenvalue weighted by Gasteiger charge is 2.06. The molecule has 2 aromatic carbocycles. The Morgan fingerprint density at radius 3 is 2.43 bits per heavy atom. The molecule has 0 bridgehead atoms. The predicted molar refractivity (Wildman–Crippen MR) is 99.6 cm³/mol. The Hall–Kier alpha value is -0.590.